The SMILES string of the molecule is CC1N(c2cccc[n+]2C)C2(C)CCC1(C)c1c2ccn1C.CC1N(c2cccc[n+]2C)C2(C)CCC1(C)c1cn(C)cc12.CC1N(c2cccc[n+]2C)C2(C)CCC1(C)c1cocc12.CC1N(c2cccc[n+]2C)C2(C)CCC1(C)c1occc12.CC1N(c2cccc[n+]2C)C2(C)CCC1(C)c1sccc12. The van der Waals surface area contributed by atoms with Crippen LogP contribution in [0.3, 0.4) is 0 Å². The number of pyridine rings is 5. The lowest BCUT2D eigenvalue weighted by atomic mass is 9.58. The van der Waals surface area contributed by atoms with Crippen molar-refractivity contribution in [2.75, 3.05) is 24.5 Å². The highest BCUT2D eigenvalue weighted by molar-refractivity contribution is 7.10. The van der Waals surface area contributed by atoms with Gasteiger partial charge in [0.1, 0.15) is 63.7 Å². The molecule has 15 atom stereocenters. The zero-order valence-electron chi connectivity index (χ0n) is 68.4. The lowest BCUT2D eigenvalue weighted by Gasteiger charge is -2.57. The van der Waals surface area contributed by atoms with Gasteiger partial charge in [0.15, 0.2) is 0 Å². The van der Waals surface area contributed by atoms with Crippen molar-refractivity contribution < 1.29 is 31.7 Å². The van der Waals surface area contributed by atoms with E-state index in [9.17, 15) is 0 Å². The Morgan fingerprint density at radius 1 is 0.355 bits per heavy atom. The van der Waals surface area contributed by atoms with Gasteiger partial charge >= 0.3 is 0 Å². The van der Waals surface area contributed by atoms with Crippen molar-refractivity contribution in [3.63, 3.8) is 0 Å². The van der Waals surface area contributed by atoms with Crippen LogP contribution in [-0.4, -0.2) is 39.3 Å². The Hall–Kier alpha value is -8.43. The van der Waals surface area contributed by atoms with Crippen molar-refractivity contribution >= 4 is 40.4 Å². The van der Waals surface area contributed by atoms with E-state index in [1.54, 1.807) is 21.7 Å². The molecule has 0 saturated carbocycles. The first-order chi connectivity index (χ1) is 50.7. The van der Waals surface area contributed by atoms with Gasteiger partial charge in [0.2, 0.25) is 0 Å². The molecule has 25 rings (SSSR count). The number of hydrogen-bond acceptors (Lipinski definition) is 8. The summed E-state index contributed by atoms with van der Waals surface area (Å²) in [5.74, 6) is 7.74. The van der Waals surface area contributed by atoms with Gasteiger partial charge in [-0.05, 0) is 200 Å². The van der Waals surface area contributed by atoms with Gasteiger partial charge in [-0.3, -0.25) is 0 Å². The van der Waals surface area contributed by atoms with Crippen LogP contribution >= 0.6 is 11.3 Å². The molecule has 5 aliphatic carbocycles. The topological polar surface area (TPSA) is 71.7 Å². The summed E-state index contributed by atoms with van der Waals surface area (Å²) in [4.78, 5) is 14.8. The molecule has 0 aromatic carbocycles. The molecule has 15 aliphatic rings. The fraction of sp³-hybridized carbons (Fsp3) is 0.511. The van der Waals surface area contributed by atoms with Gasteiger partial charge in [0.05, 0.1) is 90.4 Å². The summed E-state index contributed by atoms with van der Waals surface area (Å²) in [6, 6.07) is 41.7. The fourth-order valence-electron chi connectivity index (χ4n) is 23.4. The van der Waals surface area contributed by atoms with Crippen molar-refractivity contribution in [3.8, 4) is 0 Å². The molecule has 0 N–H and O–H groups in total. The first-order valence-corrected chi connectivity index (χ1v) is 40.9. The molecule has 10 aromatic rings. The Kier molecular flexibility index (Phi) is 17.0. The first-order valence-electron chi connectivity index (χ1n) is 40.0. The second kappa shape index (κ2) is 25.1. The predicted octanol–water partition coefficient (Wildman–Crippen LogP) is 16.4. The van der Waals surface area contributed by atoms with E-state index in [0.717, 1.165) is 0 Å². The number of furan rings is 2. The van der Waals surface area contributed by atoms with Crippen LogP contribution in [0, 0.1) is 0 Å². The van der Waals surface area contributed by atoms with E-state index in [1.165, 1.54) is 127 Å². The van der Waals surface area contributed by atoms with Crippen LogP contribution in [0.2, 0.25) is 0 Å². The van der Waals surface area contributed by atoms with Gasteiger partial charge in [0, 0.05) is 129 Å². The first kappa shape index (κ1) is 72.8. The minimum absolute atomic E-state index is 0.0264. The standard InChI is InChI=1S/2C19H26N3.2C18H23N2O.C18H23N2S/c1-14-18(2)10-11-19(3,15-9-13-21(5)17(15)18)22(14)16-8-6-7-12-20(16)4;1-14-18(2)9-10-19(3,16-13-20(4)12-15(16)18)22(14)17-8-6-7-11-21(17)5;1-13-17(2)9-10-18(3,14-8-12-21-16(14)17)20(13)15-7-5-6-11-19(15)4;1-13-17(2)8-9-18(3,15-12-21-11-14(15)17)20(13)16-7-5-6-10-19(16)4;1-13-17(2)9-10-18(3,14-8-12-21-16(14)17)20(13)15-7-5-6-11-19(15)4/h6-9,12-14H,10-11H2,1-5H3;6-8,11-14H,9-10H2,1-5H3;5-8,11-13H,9-10H2,1-4H3;5-7,10-13H,8-9H2,1-4H3;5-8,11-13H,9-10H2,1-4H3/q5*+1. The molecule has 562 valence electrons. The molecule has 20 heterocycles. The monoisotopic (exact) mass is 1460 g/mol. The van der Waals surface area contributed by atoms with Crippen LogP contribution in [0.25, 0.3) is 0 Å². The average molecular weight is 1460 g/mol. The quantitative estimate of drug-likeness (QED) is 0.159. The molecule has 10 bridgehead atoms. The smallest absolute Gasteiger partial charge is 0.277 e. The molecule has 0 spiro atoms. The molecule has 5 fully saturated rings. The summed E-state index contributed by atoms with van der Waals surface area (Å²) in [6.45, 7) is 36.0. The number of anilines is 5. The largest absolute Gasteiger partial charge is 0.472 e. The molecule has 10 aromatic heterocycles. The summed E-state index contributed by atoms with van der Waals surface area (Å²) in [7, 11) is 15.1. The van der Waals surface area contributed by atoms with E-state index < -0.39 is 0 Å². The van der Waals surface area contributed by atoms with Gasteiger partial charge in [-0.15, -0.1) is 11.3 Å². The Labute approximate surface area is 642 Å². The Morgan fingerprint density at radius 3 is 1.18 bits per heavy atom. The summed E-state index contributed by atoms with van der Waals surface area (Å²) in [5, 5.41) is 2.29. The van der Waals surface area contributed by atoms with Crippen molar-refractivity contribution in [3.05, 3.63) is 238 Å². The number of nitrogens with zero attached hydrogens (tertiary/aromatic N) is 12. The summed E-state index contributed by atoms with van der Waals surface area (Å²) in [6.07, 6.45) is 35.8. The highest BCUT2D eigenvalue weighted by atomic mass is 32.1. The second-order valence-corrected chi connectivity index (χ2v) is 37.4. The lowest BCUT2D eigenvalue weighted by molar-refractivity contribution is -0.659. The van der Waals surface area contributed by atoms with Gasteiger partial charge in [-0.25, -0.2) is 47.3 Å². The molecule has 0 amide bonds. The van der Waals surface area contributed by atoms with Gasteiger partial charge in [0.25, 0.3) is 29.1 Å². The zero-order valence-corrected chi connectivity index (χ0v) is 69.2. The van der Waals surface area contributed by atoms with Gasteiger partial charge in [-0.1, -0.05) is 58.0 Å². The summed E-state index contributed by atoms with van der Waals surface area (Å²) < 4.78 is 27.3. The molecule has 10 aliphatic heterocycles. The molecule has 14 nitrogen and oxygen atoms in total. The third-order valence-corrected chi connectivity index (χ3v) is 32.2. The van der Waals surface area contributed by atoms with Crippen molar-refractivity contribution in [2.24, 2.45) is 49.3 Å². The lowest BCUT2D eigenvalue weighted by Crippen LogP contribution is -2.67. The zero-order chi connectivity index (χ0) is 75.9. The maximum Gasteiger partial charge on any atom is 0.277 e. The van der Waals surface area contributed by atoms with Crippen LogP contribution in [0.1, 0.15) is 223 Å². The van der Waals surface area contributed by atoms with Crippen LogP contribution in [0.4, 0.5) is 29.1 Å². The molecular formula is C92H121N12O2S+5. The van der Waals surface area contributed by atoms with Crippen LogP contribution in [-0.2, 0) is 104 Å². The molecule has 15 heteroatoms. The number of hydrogen-bond donors (Lipinski definition) is 0. The maximum atomic E-state index is 5.91. The molecule has 5 saturated heterocycles. The van der Waals surface area contributed by atoms with Crippen LogP contribution in [0.15, 0.2) is 192 Å². The van der Waals surface area contributed by atoms with E-state index in [4.69, 9.17) is 8.83 Å². The van der Waals surface area contributed by atoms with Crippen molar-refractivity contribution in [2.45, 2.75) is 253 Å². The molecular weight excluding hydrogens is 1340 g/mol. The molecule has 0 radical (unpaired) electrons. The highest BCUT2D eigenvalue weighted by Gasteiger charge is 2.68. The third-order valence-electron chi connectivity index (χ3n) is 31.0. The number of aromatic nitrogens is 7. The second-order valence-electron chi connectivity index (χ2n) is 36.5. The van der Waals surface area contributed by atoms with E-state index in [-0.39, 0.29) is 54.8 Å². The van der Waals surface area contributed by atoms with Crippen LogP contribution < -0.4 is 47.3 Å². The molecule has 15 unspecified atom stereocenters. The number of piperidine rings is 5. The van der Waals surface area contributed by atoms with E-state index in [2.05, 4.69) is 374 Å². The third kappa shape index (κ3) is 10.1. The summed E-state index contributed by atoms with van der Waals surface area (Å²) >= 11 is 1.96. The fourth-order valence-corrected chi connectivity index (χ4v) is 24.7. The Balaban J connectivity index is 0.000000102. The minimum Gasteiger partial charge on any atom is -0.472 e. The molecule has 107 heavy (non-hydrogen) atoms. The normalized spacial score (nSPS) is 33.7. The number of rotatable bonds is 5. The van der Waals surface area contributed by atoms with Crippen LogP contribution in [0.5, 0.6) is 0 Å². The number of thiophene rings is 1. The Morgan fingerprint density at radius 2 is 0.710 bits per heavy atom. The average Bonchev–Trinajstić information content (AvgIpc) is 1.70. The van der Waals surface area contributed by atoms with E-state index in [0.29, 0.717) is 30.2 Å². The van der Waals surface area contributed by atoms with E-state index in [1.807, 2.05) is 30.1 Å². The summed E-state index contributed by atoms with van der Waals surface area (Å²) in [5.41, 5.74) is 13.2. The van der Waals surface area contributed by atoms with E-state index >= 15 is 0 Å². The highest BCUT2D eigenvalue weighted by Crippen LogP contribution is 2.63. The maximum absolute atomic E-state index is 5.91. The minimum atomic E-state index is 0.0264. The van der Waals surface area contributed by atoms with Crippen molar-refractivity contribution in [1.82, 2.24) is 9.13 Å². The predicted molar refractivity (Wildman–Crippen MR) is 430 cm³/mol. The number of aryl methyl sites for hydroxylation is 7. The van der Waals surface area contributed by atoms with Crippen molar-refractivity contribution in [1.29, 1.82) is 0 Å². The Bertz CT molecular complexity index is 4710. The van der Waals surface area contributed by atoms with Gasteiger partial charge < -0.3 is 18.0 Å². The number of fused-ring (bicyclic) bond motifs is 10. The van der Waals surface area contributed by atoms with Gasteiger partial charge in [-0.2, -0.15) is 0 Å².